The first-order chi connectivity index (χ1) is 10.1. The van der Waals surface area contributed by atoms with E-state index in [0.29, 0.717) is 11.6 Å². The van der Waals surface area contributed by atoms with Crippen LogP contribution in [0.1, 0.15) is 24.2 Å². The van der Waals surface area contributed by atoms with Crippen LogP contribution in [0.2, 0.25) is 0 Å². The fraction of sp³-hybridized carbons (Fsp3) is 0.176. The van der Waals surface area contributed by atoms with E-state index in [1.807, 2.05) is 56.3 Å². The number of nitrogens with zero attached hydrogens (tertiary/aromatic N) is 2. The van der Waals surface area contributed by atoms with Gasteiger partial charge in [0.25, 0.3) is 0 Å². The van der Waals surface area contributed by atoms with Crippen LogP contribution in [0.3, 0.4) is 0 Å². The zero-order chi connectivity index (χ0) is 14.8. The van der Waals surface area contributed by atoms with Crippen LogP contribution in [0.25, 0.3) is 10.9 Å². The molecule has 3 rings (SSSR count). The number of nitrogens with two attached hydrogens (primary N) is 1. The van der Waals surface area contributed by atoms with Crippen LogP contribution < -0.4 is 10.5 Å². The molecule has 0 bridgehead atoms. The van der Waals surface area contributed by atoms with E-state index in [-0.39, 0.29) is 6.04 Å². The average molecular weight is 279 g/mol. The molecule has 4 nitrogen and oxygen atoms in total. The summed E-state index contributed by atoms with van der Waals surface area (Å²) in [5.41, 5.74) is 8.67. The molecule has 0 radical (unpaired) electrons. The number of para-hydroxylation sites is 1. The Bertz CT molecular complexity index is 784. The van der Waals surface area contributed by atoms with Crippen molar-refractivity contribution in [2.45, 2.75) is 19.9 Å². The quantitative estimate of drug-likeness (QED) is 0.793. The Balaban J connectivity index is 2.02. The topological polar surface area (TPSA) is 61.0 Å². The summed E-state index contributed by atoms with van der Waals surface area (Å²) in [5, 5.41) is 1.04. The van der Waals surface area contributed by atoms with E-state index in [9.17, 15) is 0 Å². The van der Waals surface area contributed by atoms with E-state index < -0.39 is 0 Å². The molecule has 0 saturated heterocycles. The number of fused-ring (bicyclic) bond motifs is 1. The van der Waals surface area contributed by atoms with Gasteiger partial charge < -0.3 is 10.5 Å². The summed E-state index contributed by atoms with van der Waals surface area (Å²) in [6, 6.07) is 13.6. The van der Waals surface area contributed by atoms with Gasteiger partial charge in [0.05, 0.1) is 0 Å². The maximum Gasteiger partial charge on any atom is 0.219 e. The van der Waals surface area contributed by atoms with Crippen LogP contribution >= 0.6 is 0 Å². The normalized spacial score (nSPS) is 12.3. The molecule has 0 spiro atoms. The van der Waals surface area contributed by atoms with E-state index in [2.05, 4.69) is 9.97 Å². The number of aromatic nitrogens is 2. The van der Waals surface area contributed by atoms with Crippen LogP contribution in [-0.2, 0) is 0 Å². The molecule has 0 aliphatic rings. The van der Waals surface area contributed by atoms with Crippen molar-refractivity contribution in [2.75, 3.05) is 0 Å². The molecule has 4 heteroatoms. The van der Waals surface area contributed by atoms with Gasteiger partial charge in [0.15, 0.2) is 5.75 Å². The Kier molecular flexibility index (Phi) is 3.54. The number of ether oxygens (including phenoxy) is 1. The van der Waals surface area contributed by atoms with E-state index in [1.54, 1.807) is 6.20 Å². The summed E-state index contributed by atoms with van der Waals surface area (Å²) in [6.07, 6.45) is 1.71. The van der Waals surface area contributed by atoms with Crippen LogP contribution in [0.15, 0.2) is 48.7 Å². The number of benzene rings is 1. The first kappa shape index (κ1) is 13.5. The first-order valence-corrected chi connectivity index (χ1v) is 6.89. The fourth-order valence-electron chi connectivity index (χ4n) is 2.18. The molecule has 1 atom stereocenters. The van der Waals surface area contributed by atoms with Gasteiger partial charge in [-0.25, -0.2) is 9.97 Å². The third kappa shape index (κ3) is 2.85. The second-order valence-corrected chi connectivity index (χ2v) is 5.10. The van der Waals surface area contributed by atoms with Crippen LogP contribution in [0.5, 0.6) is 11.6 Å². The number of hydrogen-bond donors (Lipinski definition) is 1. The van der Waals surface area contributed by atoms with Crippen molar-refractivity contribution >= 4 is 10.9 Å². The Morgan fingerprint density at radius 2 is 2.00 bits per heavy atom. The molecule has 0 fully saturated rings. The van der Waals surface area contributed by atoms with Crippen molar-refractivity contribution in [3.8, 4) is 11.6 Å². The molecule has 3 aromatic rings. The molecular weight excluding hydrogens is 262 g/mol. The molecule has 2 heterocycles. The highest BCUT2D eigenvalue weighted by atomic mass is 16.5. The molecule has 2 N–H and O–H groups in total. The van der Waals surface area contributed by atoms with Gasteiger partial charge in [0.1, 0.15) is 5.52 Å². The molecule has 0 aliphatic carbocycles. The molecule has 0 aliphatic heterocycles. The highest BCUT2D eigenvalue weighted by Gasteiger charge is 2.07. The maximum absolute atomic E-state index is 5.91. The second-order valence-electron chi connectivity index (χ2n) is 5.10. The minimum Gasteiger partial charge on any atom is -0.437 e. The second kappa shape index (κ2) is 5.50. The summed E-state index contributed by atoms with van der Waals surface area (Å²) >= 11 is 0. The SMILES string of the molecule is Cc1ccc2cccc(Oc3cc([C@H](C)N)ccn3)c2n1. The third-order valence-electron chi connectivity index (χ3n) is 3.32. The van der Waals surface area contributed by atoms with Crippen molar-refractivity contribution in [1.29, 1.82) is 0 Å². The zero-order valence-corrected chi connectivity index (χ0v) is 12.1. The molecule has 0 unspecified atom stereocenters. The molecular formula is C17H17N3O. The lowest BCUT2D eigenvalue weighted by atomic mass is 10.1. The number of hydrogen-bond acceptors (Lipinski definition) is 4. The number of pyridine rings is 2. The molecule has 1 aromatic carbocycles. The van der Waals surface area contributed by atoms with Gasteiger partial charge in [-0.15, -0.1) is 0 Å². The highest BCUT2D eigenvalue weighted by Crippen LogP contribution is 2.28. The van der Waals surface area contributed by atoms with E-state index in [4.69, 9.17) is 10.5 Å². The van der Waals surface area contributed by atoms with E-state index in [0.717, 1.165) is 22.2 Å². The summed E-state index contributed by atoms with van der Waals surface area (Å²) in [6.45, 7) is 3.90. The van der Waals surface area contributed by atoms with Crippen molar-refractivity contribution in [1.82, 2.24) is 9.97 Å². The molecule has 2 aromatic heterocycles. The number of aryl methyl sites for hydroxylation is 1. The van der Waals surface area contributed by atoms with Crippen LogP contribution in [0.4, 0.5) is 0 Å². The monoisotopic (exact) mass is 279 g/mol. The predicted octanol–water partition coefficient (Wildman–Crippen LogP) is 3.75. The first-order valence-electron chi connectivity index (χ1n) is 6.89. The lowest BCUT2D eigenvalue weighted by Gasteiger charge is -2.10. The van der Waals surface area contributed by atoms with Gasteiger partial charge in [0, 0.05) is 29.4 Å². The lowest BCUT2D eigenvalue weighted by Crippen LogP contribution is -2.05. The molecule has 106 valence electrons. The molecule has 0 amide bonds. The molecule has 21 heavy (non-hydrogen) atoms. The van der Waals surface area contributed by atoms with Gasteiger partial charge in [-0.05, 0) is 37.6 Å². The minimum atomic E-state index is -0.0526. The fourth-order valence-corrected chi connectivity index (χ4v) is 2.18. The van der Waals surface area contributed by atoms with Crippen molar-refractivity contribution in [3.63, 3.8) is 0 Å². The summed E-state index contributed by atoms with van der Waals surface area (Å²) in [4.78, 5) is 8.79. The highest BCUT2D eigenvalue weighted by molar-refractivity contribution is 5.84. The largest absolute Gasteiger partial charge is 0.437 e. The van der Waals surface area contributed by atoms with Crippen LogP contribution in [0, 0.1) is 6.92 Å². The Hall–Kier alpha value is -2.46. The average Bonchev–Trinajstić information content (AvgIpc) is 2.48. The zero-order valence-electron chi connectivity index (χ0n) is 12.1. The summed E-state index contributed by atoms with van der Waals surface area (Å²) in [5.74, 6) is 1.23. The van der Waals surface area contributed by atoms with Gasteiger partial charge >= 0.3 is 0 Å². The standard InChI is InChI=1S/C17H17N3O/c1-11-6-7-13-4-3-5-15(17(13)20-11)21-16-10-14(12(2)18)8-9-19-16/h3-10,12H,18H2,1-2H3/t12-/m0/s1. The van der Waals surface area contributed by atoms with Crippen LogP contribution in [-0.4, -0.2) is 9.97 Å². The van der Waals surface area contributed by atoms with E-state index in [1.165, 1.54) is 0 Å². The maximum atomic E-state index is 5.91. The smallest absolute Gasteiger partial charge is 0.219 e. The minimum absolute atomic E-state index is 0.0526. The summed E-state index contributed by atoms with van der Waals surface area (Å²) < 4.78 is 5.91. The number of rotatable bonds is 3. The third-order valence-corrected chi connectivity index (χ3v) is 3.32. The predicted molar refractivity (Wildman–Crippen MR) is 83.4 cm³/mol. The van der Waals surface area contributed by atoms with Gasteiger partial charge in [0.2, 0.25) is 5.88 Å². The Morgan fingerprint density at radius 3 is 2.81 bits per heavy atom. The van der Waals surface area contributed by atoms with Gasteiger partial charge in [-0.1, -0.05) is 18.2 Å². The van der Waals surface area contributed by atoms with Crippen molar-refractivity contribution < 1.29 is 4.74 Å². The molecule has 0 saturated carbocycles. The van der Waals surface area contributed by atoms with E-state index >= 15 is 0 Å². The van der Waals surface area contributed by atoms with Crippen molar-refractivity contribution in [3.05, 3.63) is 59.9 Å². The van der Waals surface area contributed by atoms with Gasteiger partial charge in [-0.2, -0.15) is 0 Å². The van der Waals surface area contributed by atoms with Crippen molar-refractivity contribution in [2.24, 2.45) is 5.73 Å². The van der Waals surface area contributed by atoms with Gasteiger partial charge in [-0.3, -0.25) is 0 Å². The summed E-state index contributed by atoms with van der Waals surface area (Å²) in [7, 11) is 0. The Morgan fingerprint density at radius 1 is 1.14 bits per heavy atom. The lowest BCUT2D eigenvalue weighted by molar-refractivity contribution is 0.465. The Labute approximate surface area is 123 Å².